The van der Waals surface area contributed by atoms with Gasteiger partial charge in [-0.2, -0.15) is 13.2 Å². The standard InChI is InChI=1S/C13H10ClF4NO3/c14-7-1-2-9(15)8(5-7)10(20)19-4-3-12(6-19,11(21)22)13(16,17)18/h1-2,5H,3-4,6H2,(H,21,22). The predicted molar refractivity (Wildman–Crippen MR) is 68.1 cm³/mol. The zero-order valence-electron chi connectivity index (χ0n) is 11.0. The van der Waals surface area contributed by atoms with Gasteiger partial charge in [-0.05, 0) is 24.6 Å². The van der Waals surface area contributed by atoms with E-state index < -0.39 is 54.4 Å². The normalized spacial score (nSPS) is 22.0. The van der Waals surface area contributed by atoms with E-state index in [-0.39, 0.29) is 5.02 Å². The van der Waals surface area contributed by atoms with Gasteiger partial charge < -0.3 is 10.0 Å². The van der Waals surface area contributed by atoms with Crippen LogP contribution in [-0.2, 0) is 4.79 Å². The van der Waals surface area contributed by atoms with E-state index in [0.717, 1.165) is 12.1 Å². The summed E-state index contributed by atoms with van der Waals surface area (Å²) in [5.41, 5.74) is -3.52. The summed E-state index contributed by atoms with van der Waals surface area (Å²) >= 11 is 5.64. The topological polar surface area (TPSA) is 57.6 Å². The molecule has 1 aromatic rings. The summed E-state index contributed by atoms with van der Waals surface area (Å²) in [6, 6.07) is 3.10. The van der Waals surface area contributed by atoms with Crippen LogP contribution >= 0.6 is 11.6 Å². The SMILES string of the molecule is O=C(c1cc(Cl)ccc1F)N1CCC(C(=O)O)(C(F)(F)F)C1. The number of nitrogens with zero attached hydrogens (tertiary/aromatic N) is 1. The summed E-state index contributed by atoms with van der Waals surface area (Å²) in [7, 11) is 0. The highest BCUT2D eigenvalue weighted by Gasteiger charge is 2.64. The highest BCUT2D eigenvalue weighted by Crippen LogP contribution is 2.46. The van der Waals surface area contributed by atoms with Gasteiger partial charge in [0.2, 0.25) is 0 Å². The van der Waals surface area contributed by atoms with Gasteiger partial charge in [0.1, 0.15) is 5.82 Å². The van der Waals surface area contributed by atoms with Crippen molar-refractivity contribution in [3.63, 3.8) is 0 Å². The molecule has 0 bridgehead atoms. The predicted octanol–water partition coefficient (Wildman–Crippen LogP) is 2.96. The maximum atomic E-state index is 13.6. The summed E-state index contributed by atoms with van der Waals surface area (Å²) in [4.78, 5) is 23.8. The molecule has 1 aliphatic heterocycles. The van der Waals surface area contributed by atoms with Crippen molar-refractivity contribution in [3.05, 3.63) is 34.6 Å². The van der Waals surface area contributed by atoms with Gasteiger partial charge in [-0.1, -0.05) is 11.6 Å². The smallest absolute Gasteiger partial charge is 0.406 e. The van der Waals surface area contributed by atoms with Crippen LogP contribution in [0.2, 0.25) is 5.02 Å². The van der Waals surface area contributed by atoms with Crippen molar-refractivity contribution >= 4 is 23.5 Å². The molecule has 0 saturated carbocycles. The van der Waals surface area contributed by atoms with Crippen LogP contribution in [0.5, 0.6) is 0 Å². The molecule has 0 aromatic heterocycles. The Morgan fingerprint density at radius 3 is 2.45 bits per heavy atom. The van der Waals surface area contributed by atoms with Crippen molar-refractivity contribution < 1.29 is 32.3 Å². The molecule has 1 amide bonds. The fraction of sp³-hybridized carbons (Fsp3) is 0.385. The van der Waals surface area contributed by atoms with Gasteiger partial charge in [0.25, 0.3) is 5.91 Å². The number of carbonyl (C=O) groups is 2. The lowest BCUT2D eigenvalue weighted by Gasteiger charge is -2.27. The molecule has 22 heavy (non-hydrogen) atoms. The molecule has 1 saturated heterocycles. The Morgan fingerprint density at radius 1 is 1.32 bits per heavy atom. The van der Waals surface area contributed by atoms with E-state index in [4.69, 9.17) is 16.7 Å². The second-order valence-electron chi connectivity index (χ2n) is 4.99. The number of rotatable bonds is 2. The molecule has 1 aliphatic rings. The third-order valence-corrected chi connectivity index (χ3v) is 3.90. The summed E-state index contributed by atoms with van der Waals surface area (Å²) < 4.78 is 52.7. The number of hydrogen-bond acceptors (Lipinski definition) is 2. The van der Waals surface area contributed by atoms with Crippen LogP contribution < -0.4 is 0 Å². The number of carboxylic acids is 1. The number of likely N-dealkylation sites (tertiary alicyclic amines) is 1. The van der Waals surface area contributed by atoms with Crippen LogP contribution in [0.4, 0.5) is 17.6 Å². The van der Waals surface area contributed by atoms with Crippen molar-refractivity contribution in [3.8, 4) is 0 Å². The fourth-order valence-electron chi connectivity index (χ4n) is 2.34. The molecular weight excluding hydrogens is 330 g/mol. The fourth-order valence-corrected chi connectivity index (χ4v) is 2.51. The quantitative estimate of drug-likeness (QED) is 0.843. The van der Waals surface area contributed by atoms with Gasteiger partial charge in [-0.3, -0.25) is 9.59 Å². The van der Waals surface area contributed by atoms with Crippen LogP contribution in [0.15, 0.2) is 18.2 Å². The van der Waals surface area contributed by atoms with E-state index in [2.05, 4.69) is 0 Å². The number of amides is 1. The average Bonchev–Trinajstić information content (AvgIpc) is 2.87. The Balaban J connectivity index is 2.31. The van der Waals surface area contributed by atoms with Crippen LogP contribution in [0.3, 0.4) is 0 Å². The molecule has 1 aromatic carbocycles. The number of aliphatic carboxylic acids is 1. The summed E-state index contributed by atoms with van der Waals surface area (Å²) in [6.45, 7) is -1.49. The number of carbonyl (C=O) groups excluding carboxylic acids is 1. The average molecular weight is 340 g/mol. The van der Waals surface area contributed by atoms with Crippen molar-refractivity contribution in [1.82, 2.24) is 4.90 Å². The molecule has 2 rings (SSSR count). The first-order chi connectivity index (χ1) is 10.1. The molecule has 4 nitrogen and oxygen atoms in total. The maximum absolute atomic E-state index is 13.6. The van der Waals surface area contributed by atoms with Gasteiger partial charge in [-0.25, -0.2) is 4.39 Å². The number of carboxylic acid groups (broad SMARTS) is 1. The number of halogens is 5. The Labute approximate surface area is 127 Å². The van der Waals surface area contributed by atoms with E-state index in [1.807, 2.05) is 0 Å². The first-order valence-corrected chi connectivity index (χ1v) is 6.51. The van der Waals surface area contributed by atoms with E-state index in [9.17, 15) is 27.2 Å². The van der Waals surface area contributed by atoms with Crippen LogP contribution in [-0.4, -0.2) is 41.1 Å². The van der Waals surface area contributed by atoms with Crippen molar-refractivity contribution in [2.24, 2.45) is 5.41 Å². The van der Waals surface area contributed by atoms with Gasteiger partial charge in [-0.15, -0.1) is 0 Å². The Hall–Kier alpha value is -1.83. The van der Waals surface area contributed by atoms with Gasteiger partial charge in [0.05, 0.1) is 5.56 Å². The second kappa shape index (κ2) is 5.42. The number of alkyl halides is 3. The molecule has 0 radical (unpaired) electrons. The van der Waals surface area contributed by atoms with Crippen molar-refractivity contribution in [2.45, 2.75) is 12.6 Å². The van der Waals surface area contributed by atoms with Crippen LogP contribution in [0.25, 0.3) is 0 Å². The molecule has 120 valence electrons. The molecule has 0 spiro atoms. The van der Waals surface area contributed by atoms with Crippen molar-refractivity contribution in [1.29, 1.82) is 0 Å². The van der Waals surface area contributed by atoms with E-state index >= 15 is 0 Å². The second-order valence-corrected chi connectivity index (χ2v) is 5.42. The van der Waals surface area contributed by atoms with Gasteiger partial charge in [0, 0.05) is 18.1 Å². The molecular formula is C13H10ClF4NO3. The highest BCUT2D eigenvalue weighted by atomic mass is 35.5. The summed E-state index contributed by atoms with van der Waals surface area (Å²) in [5, 5.41) is 8.96. The minimum absolute atomic E-state index is 0.0456. The van der Waals surface area contributed by atoms with E-state index in [0.29, 0.717) is 4.90 Å². The first-order valence-electron chi connectivity index (χ1n) is 6.13. The Morgan fingerprint density at radius 2 is 1.95 bits per heavy atom. The molecule has 0 aliphatic carbocycles. The van der Waals surface area contributed by atoms with Crippen molar-refractivity contribution in [2.75, 3.05) is 13.1 Å². The Bertz CT molecular complexity index is 634. The lowest BCUT2D eigenvalue weighted by Crippen LogP contribution is -2.47. The third-order valence-electron chi connectivity index (χ3n) is 3.67. The van der Waals surface area contributed by atoms with Crippen LogP contribution in [0.1, 0.15) is 16.8 Å². The van der Waals surface area contributed by atoms with E-state index in [1.165, 1.54) is 6.07 Å². The molecule has 1 atom stereocenters. The number of benzene rings is 1. The highest BCUT2D eigenvalue weighted by molar-refractivity contribution is 6.31. The van der Waals surface area contributed by atoms with Gasteiger partial charge >= 0.3 is 12.1 Å². The summed E-state index contributed by atoms with van der Waals surface area (Å²) in [5.74, 6) is -4.01. The van der Waals surface area contributed by atoms with Gasteiger partial charge in [0.15, 0.2) is 5.41 Å². The summed E-state index contributed by atoms with van der Waals surface area (Å²) in [6.07, 6.45) is -5.79. The largest absolute Gasteiger partial charge is 0.481 e. The number of hydrogen-bond donors (Lipinski definition) is 1. The zero-order valence-corrected chi connectivity index (χ0v) is 11.7. The first kappa shape index (κ1) is 16.5. The Kier molecular flexibility index (Phi) is 4.08. The molecule has 1 unspecified atom stereocenters. The van der Waals surface area contributed by atoms with E-state index in [1.54, 1.807) is 0 Å². The molecule has 9 heteroatoms. The minimum atomic E-state index is -5.01. The third kappa shape index (κ3) is 2.63. The molecule has 1 fully saturated rings. The minimum Gasteiger partial charge on any atom is -0.481 e. The van der Waals surface area contributed by atoms with Crippen LogP contribution in [0, 0.1) is 11.2 Å². The molecule has 1 N–H and O–H groups in total. The monoisotopic (exact) mass is 339 g/mol. The lowest BCUT2D eigenvalue weighted by atomic mass is 9.86. The molecule has 1 heterocycles. The zero-order chi connectivity index (χ0) is 16.7. The maximum Gasteiger partial charge on any atom is 0.406 e. The lowest BCUT2D eigenvalue weighted by molar-refractivity contribution is -0.227.